The summed E-state index contributed by atoms with van der Waals surface area (Å²) in [4.78, 5) is 22.7. The Balaban J connectivity index is 1.24. The summed E-state index contributed by atoms with van der Waals surface area (Å²) in [6.45, 7) is 3.07. The molecule has 3 aliphatic rings. The molecule has 0 spiro atoms. The first kappa shape index (κ1) is 19.5. The Bertz CT molecular complexity index is 1240. The predicted molar refractivity (Wildman–Crippen MR) is 125 cm³/mol. The fourth-order valence-electron chi connectivity index (χ4n) is 5.50. The number of hydrogen-bond acceptors (Lipinski definition) is 5. The van der Waals surface area contributed by atoms with Gasteiger partial charge in [-0.2, -0.15) is 5.26 Å². The van der Waals surface area contributed by atoms with Crippen LogP contribution in [0.2, 0.25) is 0 Å². The molecule has 0 N–H and O–H groups in total. The number of nitriles is 1. The van der Waals surface area contributed by atoms with Crippen molar-refractivity contribution in [2.24, 2.45) is 5.92 Å². The number of ketones is 1. The van der Waals surface area contributed by atoms with Crippen LogP contribution in [-0.2, 0) is 6.54 Å². The number of Topliss-reactive ketones (excluding diaryl/α,β-unsaturated/α-hetero) is 1. The average molecular weight is 423 g/mol. The number of anilines is 1. The molecular formula is C27H26N4O. The standard InChI is InChI=1S/C27H26N4O/c28-15-18-10-12-30(13-11-18)25-7-3-5-20-22(25)16-31(17-27(20)32)26-14-21(26)24-9-8-19-4-1-2-6-23(19)29-24/h1-9,18,21,26H,10-14,16-17H2. The minimum Gasteiger partial charge on any atom is -0.371 e. The molecule has 2 aromatic carbocycles. The molecule has 0 bridgehead atoms. The lowest BCUT2D eigenvalue weighted by atomic mass is 9.93. The van der Waals surface area contributed by atoms with Gasteiger partial charge in [-0.15, -0.1) is 0 Å². The molecule has 2 aliphatic heterocycles. The molecular weight excluding hydrogens is 396 g/mol. The molecule has 5 heteroatoms. The van der Waals surface area contributed by atoms with Crippen LogP contribution in [0, 0.1) is 17.2 Å². The number of carbonyl (C=O) groups excluding carboxylic acids is 1. The van der Waals surface area contributed by atoms with Crippen LogP contribution >= 0.6 is 0 Å². The van der Waals surface area contributed by atoms with Crippen LogP contribution in [-0.4, -0.2) is 41.3 Å². The Kier molecular flexibility index (Phi) is 4.69. The lowest BCUT2D eigenvalue weighted by Gasteiger charge is -2.36. The zero-order valence-corrected chi connectivity index (χ0v) is 18.1. The molecule has 6 rings (SSSR count). The van der Waals surface area contributed by atoms with Gasteiger partial charge in [-0.25, -0.2) is 0 Å². The number of carbonyl (C=O) groups is 1. The lowest BCUT2D eigenvalue weighted by Crippen LogP contribution is -2.40. The first-order valence-corrected chi connectivity index (χ1v) is 11.6. The van der Waals surface area contributed by atoms with Crippen molar-refractivity contribution >= 4 is 22.4 Å². The third-order valence-electron chi connectivity index (χ3n) is 7.40. The number of rotatable bonds is 3. The van der Waals surface area contributed by atoms with Gasteiger partial charge in [-0.1, -0.05) is 36.4 Å². The molecule has 1 saturated carbocycles. The zero-order chi connectivity index (χ0) is 21.7. The van der Waals surface area contributed by atoms with Crippen LogP contribution in [0.4, 0.5) is 5.69 Å². The lowest BCUT2D eigenvalue weighted by molar-refractivity contribution is 0.0891. The second-order valence-corrected chi connectivity index (χ2v) is 9.36. The molecule has 1 aliphatic carbocycles. The van der Waals surface area contributed by atoms with Gasteiger partial charge in [0.2, 0.25) is 0 Å². The Morgan fingerprint density at radius 2 is 1.81 bits per heavy atom. The van der Waals surface area contributed by atoms with E-state index < -0.39 is 0 Å². The summed E-state index contributed by atoms with van der Waals surface area (Å²) >= 11 is 0. The quantitative estimate of drug-likeness (QED) is 0.621. The maximum absolute atomic E-state index is 13.1. The van der Waals surface area contributed by atoms with E-state index in [-0.39, 0.29) is 11.7 Å². The molecule has 160 valence electrons. The van der Waals surface area contributed by atoms with Gasteiger partial charge in [0.15, 0.2) is 5.78 Å². The van der Waals surface area contributed by atoms with Gasteiger partial charge in [0.1, 0.15) is 0 Å². The highest BCUT2D eigenvalue weighted by molar-refractivity contribution is 6.01. The minimum absolute atomic E-state index is 0.158. The van der Waals surface area contributed by atoms with E-state index in [9.17, 15) is 10.1 Å². The molecule has 0 amide bonds. The molecule has 32 heavy (non-hydrogen) atoms. The molecule has 3 aromatic rings. The summed E-state index contributed by atoms with van der Waals surface area (Å²) in [6.07, 6.45) is 2.86. The van der Waals surface area contributed by atoms with Gasteiger partial charge < -0.3 is 4.90 Å². The molecule has 3 heterocycles. The number of fused-ring (bicyclic) bond motifs is 2. The SMILES string of the molecule is N#CC1CCN(c2cccc3c2CN(C2CC2c2ccc4ccccc4n2)CC3=O)CC1. The van der Waals surface area contributed by atoms with E-state index >= 15 is 0 Å². The van der Waals surface area contributed by atoms with Crippen molar-refractivity contribution in [3.05, 3.63) is 71.4 Å². The smallest absolute Gasteiger partial charge is 0.177 e. The Morgan fingerprint density at radius 3 is 2.66 bits per heavy atom. The highest BCUT2D eigenvalue weighted by atomic mass is 16.1. The molecule has 1 saturated heterocycles. The van der Waals surface area contributed by atoms with Crippen molar-refractivity contribution in [2.75, 3.05) is 24.5 Å². The van der Waals surface area contributed by atoms with Crippen molar-refractivity contribution in [3.63, 3.8) is 0 Å². The monoisotopic (exact) mass is 422 g/mol. The van der Waals surface area contributed by atoms with Gasteiger partial charge in [0.05, 0.1) is 18.1 Å². The van der Waals surface area contributed by atoms with E-state index in [0.29, 0.717) is 18.5 Å². The summed E-state index contributed by atoms with van der Waals surface area (Å²) in [7, 11) is 0. The average Bonchev–Trinajstić information content (AvgIpc) is 3.65. The number of aromatic nitrogens is 1. The minimum atomic E-state index is 0.158. The van der Waals surface area contributed by atoms with Crippen LogP contribution in [0.25, 0.3) is 10.9 Å². The van der Waals surface area contributed by atoms with Gasteiger partial charge in [-0.05, 0) is 37.5 Å². The van der Waals surface area contributed by atoms with E-state index in [4.69, 9.17) is 4.98 Å². The molecule has 1 aromatic heterocycles. The topological polar surface area (TPSA) is 60.2 Å². The highest BCUT2D eigenvalue weighted by Crippen LogP contribution is 2.46. The number of pyridine rings is 1. The Labute approximate surface area is 188 Å². The summed E-state index contributed by atoms with van der Waals surface area (Å²) in [5, 5.41) is 10.4. The predicted octanol–water partition coefficient (Wildman–Crippen LogP) is 4.53. The van der Waals surface area contributed by atoms with Crippen molar-refractivity contribution in [1.82, 2.24) is 9.88 Å². The molecule has 2 fully saturated rings. The van der Waals surface area contributed by atoms with E-state index in [0.717, 1.165) is 61.2 Å². The second kappa shape index (κ2) is 7.72. The van der Waals surface area contributed by atoms with Gasteiger partial charge in [-0.3, -0.25) is 14.7 Å². The third-order valence-corrected chi connectivity index (χ3v) is 7.40. The Hall–Kier alpha value is -3.23. The van der Waals surface area contributed by atoms with Crippen LogP contribution in [0.3, 0.4) is 0 Å². The van der Waals surface area contributed by atoms with Crippen molar-refractivity contribution in [1.29, 1.82) is 5.26 Å². The van der Waals surface area contributed by atoms with Crippen LogP contribution < -0.4 is 4.90 Å². The number of piperidine rings is 1. The summed E-state index contributed by atoms with van der Waals surface area (Å²) in [5.41, 5.74) is 5.40. The fraction of sp³-hybridized carbons (Fsp3) is 0.370. The molecule has 0 radical (unpaired) electrons. The number of para-hydroxylation sites is 1. The van der Waals surface area contributed by atoms with Crippen molar-refractivity contribution < 1.29 is 4.79 Å². The molecule has 2 atom stereocenters. The summed E-state index contributed by atoms with van der Waals surface area (Å²) < 4.78 is 0. The normalized spacial score (nSPS) is 23.7. The summed E-state index contributed by atoms with van der Waals surface area (Å²) in [6, 6.07) is 21.5. The molecule has 2 unspecified atom stereocenters. The summed E-state index contributed by atoms with van der Waals surface area (Å²) in [5.74, 6) is 0.773. The molecule has 5 nitrogen and oxygen atoms in total. The largest absolute Gasteiger partial charge is 0.371 e. The number of nitrogens with zero attached hydrogens (tertiary/aromatic N) is 4. The Morgan fingerprint density at radius 1 is 0.969 bits per heavy atom. The van der Waals surface area contributed by atoms with E-state index in [1.807, 2.05) is 24.3 Å². The first-order chi connectivity index (χ1) is 15.7. The maximum atomic E-state index is 13.1. The van der Waals surface area contributed by atoms with Gasteiger partial charge in [0.25, 0.3) is 0 Å². The zero-order valence-electron chi connectivity index (χ0n) is 18.1. The first-order valence-electron chi connectivity index (χ1n) is 11.6. The van der Waals surface area contributed by atoms with Crippen molar-refractivity contribution in [3.8, 4) is 6.07 Å². The third kappa shape index (κ3) is 3.36. The van der Waals surface area contributed by atoms with Gasteiger partial charge >= 0.3 is 0 Å². The highest BCUT2D eigenvalue weighted by Gasteiger charge is 2.46. The maximum Gasteiger partial charge on any atom is 0.177 e. The van der Waals surface area contributed by atoms with Gasteiger partial charge in [0, 0.05) is 65.4 Å². The van der Waals surface area contributed by atoms with E-state index in [1.165, 1.54) is 11.1 Å². The van der Waals surface area contributed by atoms with E-state index in [1.54, 1.807) is 0 Å². The van der Waals surface area contributed by atoms with Crippen LogP contribution in [0.15, 0.2) is 54.6 Å². The van der Waals surface area contributed by atoms with Crippen molar-refractivity contribution in [2.45, 2.75) is 37.8 Å². The van der Waals surface area contributed by atoms with E-state index in [2.05, 4.69) is 46.2 Å². The van der Waals surface area contributed by atoms with Crippen LogP contribution in [0.1, 0.15) is 46.8 Å². The second-order valence-electron chi connectivity index (χ2n) is 9.36. The number of hydrogen-bond donors (Lipinski definition) is 0. The fourth-order valence-corrected chi connectivity index (χ4v) is 5.50. The number of benzene rings is 2. The van der Waals surface area contributed by atoms with Crippen LogP contribution in [0.5, 0.6) is 0 Å².